The molecule has 14 heavy (non-hydrogen) atoms. The van der Waals surface area contributed by atoms with Crippen LogP contribution in [0.4, 0.5) is 0 Å². The molecule has 2 unspecified atom stereocenters. The van der Waals surface area contributed by atoms with Gasteiger partial charge in [-0.15, -0.1) is 0 Å². The summed E-state index contributed by atoms with van der Waals surface area (Å²) in [5, 5.41) is 9.44. The molecule has 2 atom stereocenters. The van der Waals surface area contributed by atoms with Crippen LogP contribution in [0.25, 0.3) is 0 Å². The molecule has 2 aliphatic rings. The summed E-state index contributed by atoms with van der Waals surface area (Å²) >= 11 is 0. The summed E-state index contributed by atoms with van der Waals surface area (Å²) in [6, 6.07) is 7.51. The van der Waals surface area contributed by atoms with Gasteiger partial charge in [-0.1, -0.05) is 12.1 Å². The predicted molar refractivity (Wildman–Crippen MR) is 53.1 cm³/mol. The third-order valence-corrected chi connectivity index (χ3v) is 3.54. The Morgan fingerprint density at radius 2 is 2.36 bits per heavy atom. The van der Waals surface area contributed by atoms with Gasteiger partial charge in [-0.2, -0.15) is 0 Å². The van der Waals surface area contributed by atoms with E-state index in [1.54, 1.807) is 6.07 Å². The zero-order valence-electron chi connectivity index (χ0n) is 8.07. The Labute approximate surface area is 83.5 Å². The molecule has 1 aliphatic carbocycles. The summed E-state index contributed by atoms with van der Waals surface area (Å²) in [7, 11) is 0. The first-order valence-electron chi connectivity index (χ1n) is 5.22. The van der Waals surface area contributed by atoms with Crippen molar-refractivity contribution < 1.29 is 9.84 Å². The fourth-order valence-electron chi connectivity index (χ4n) is 2.79. The van der Waals surface area contributed by atoms with Crippen molar-refractivity contribution in [3.05, 3.63) is 29.8 Å². The summed E-state index contributed by atoms with van der Waals surface area (Å²) in [6.45, 7) is 0.898. The van der Waals surface area contributed by atoms with Gasteiger partial charge in [0.2, 0.25) is 0 Å². The van der Waals surface area contributed by atoms with E-state index in [1.165, 1.54) is 6.42 Å². The highest BCUT2D eigenvalue weighted by atomic mass is 16.5. The van der Waals surface area contributed by atoms with Gasteiger partial charge in [0.05, 0.1) is 12.2 Å². The molecule has 0 amide bonds. The van der Waals surface area contributed by atoms with Crippen molar-refractivity contribution in [1.82, 2.24) is 0 Å². The minimum absolute atomic E-state index is 0.0661. The lowest BCUT2D eigenvalue weighted by Gasteiger charge is -2.27. The minimum atomic E-state index is -0.0661. The summed E-state index contributed by atoms with van der Waals surface area (Å²) in [4.78, 5) is 0. The first kappa shape index (κ1) is 8.30. The Balaban J connectivity index is 2.02. The van der Waals surface area contributed by atoms with Crippen molar-refractivity contribution in [2.24, 2.45) is 5.92 Å². The lowest BCUT2D eigenvalue weighted by molar-refractivity contribution is -0.0209. The molecular weight excluding hydrogens is 176 g/mol. The molecule has 2 heteroatoms. The Kier molecular flexibility index (Phi) is 1.62. The molecule has 1 N–H and O–H groups in total. The second-order valence-corrected chi connectivity index (χ2v) is 4.46. The fourth-order valence-corrected chi connectivity index (χ4v) is 2.79. The smallest absolute Gasteiger partial charge is 0.115 e. The average Bonchev–Trinajstić information content (AvgIpc) is 2.78. The molecule has 74 valence electrons. The van der Waals surface area contributed by atoms with Gasteiger partial charge in [0.25, 0.3) is 0 Å². The molecule has 0 spiro atoms. The van der Waals surface area contributed by atoms with Crippen LogP contribution in [-0.2, 0) is 10.3 Å². The van der Waals surface area contributed by atoms with Crippen molar-refractivity contribution in [2.75, 3.05) is 6.61 Å². The van der Waals surface area contributed by atoms with Crippen LogP contribution in [-0.4, -0.2) is 11.7 Å². The molecule has 1 saturated carbocycles. The summed E-state index contributed by atoms with van der Waals surface area (Å²) in [5.74, 6) is 1.09. The van der Waals surface area contributed by atoms with Crippen LogP contribution in [0.3, 0.4) is 0 Å². The Bertz CT molecular complexity index is 351. The lowest BCUT2D eigenvalue weighted by Crippen LogP contribution is -2.23. The monoisotopic (exact) mass is 190 g/mol. The van der Waals surface area contributed by atoms with Gasteiger partial charge in [0.15, 0.2) is 0 Å². The van der Waals surface area contributed by atoms with Gasteiger partial charge >= 0.3 is 0 Å². The molecule has 1 aliphatic heterocycles. The summed E-state index contributed by atoms with van der Waals surface area (Å²) in [6.07, 6.45) is 3.52. The van der Waals surface area contributed by atoms with E-state index >= 15 is 0 Å². The molecule has 2 bridgehead atoms. The molecule has 1 aromatic rings. The third-order valence-electron chi connectivity index (χ3n) is 3.54. The molecule has 1 heterocycles. The maximum absolute atomic E-state index is 9.44. The van der Waals surface area contributed by atoms with Crippen molar-refractivity contribution in [1.29, 1.82) is 0 Å². The molecule has 1 saturated heterocycles. The molecular formula is C12H14O2. The summed E-state index contributed by atoms with van der Waals surface area (Å²) in [5.41, 5.74) is 1.08. The number of benzene rings is 1. The van der Waals surface area contributed by atoms with Crippen LogP contribution in [0.5, 0.6) is 5.75 Å². The minimum Gasteiger partial charge on any atom is -0.508 e. The largest absolute Gasteiger partial charge is 0.508 e. The molecule has 2 fully saturated rings. The Morgan fingerprint density at radius 3 is 2.93 bits per heavy atom. The highest BCUT2D eigenvalue weighted by molar-refractivity contribution is 5.33. The number of ether oxygens (including phenoxy) is 1. The molecule has 0 radical (unpaired) electrons. The van der Waals surface area contributed by atoms with Gasteiger partial charge in [-0.25, -0.2) is 0 Å². The number of phenols is 1. The van der Waals surface area contributed by atoms with Crippen molar-refractivity contribution in [3.63, 3.8) is 0 Å². The third kappa shape index (κ3) is 1.07. The standard InChI is InChI=1S/C12H14O2/c13-11-3-1-2-10(6-11)12-5-4-9(7-12)8-14-12/h1-3,6,9,13H,4-5,7-8H2. The fraction of sp³-hybridized carbons (Fsp3) is 0.500. The van der Waals surface area contributed by atoms with Crippen molar-refractivity contribution in [3.8, 4) is 5.75 Å². The van der Waals surface area contributed by atoms with E-state index < -0.39 is 0 Å². The highest BCUT2D eigenvalue weighted by Crippen LogP contribution is 2.51. The predicted octanol–water partition coefficient (Wildman–Crippen LogP) is 2.42. The van der Waals surface area contributed by atoms with Crippen LogP contribution in [0.1, 0.15) is 24.8 Å². The Hall–Kier alpha value is -1.02. The van der Waals surface area contributed by atoms with Crippen molar-refractivity contribution >= 4 is 0 Å². The number of fused-ring (bicyclic) bond motifs is 2. The van der Waals surface area contributed by atoms with Crippen LogP contribution in [0.15, 0.2) is 24.3 Å². The van der Waals surface area contributed by atoms with Gasteiger partial charge < -0.3 is 9.84 Å². The van der Waals surface area contributed by atoms with E-state index in [1.807, 2.05) is 12.1 Å². The average molecular weight is 190 g/mol. The summed E-state index contributed by atoms with van der Waals surface area (Å²) < 4.78 is 5.87. The first-order valence-corrected chi connectivity index (χ1v) is 5.22. The second kappa shape index (κ2) is 2.74. The normalized spacial score (nSPS) is 35.0. The van der Waals surface area contributed by atoms with E-state index in [2.05, 4.69) is 6.07 Å². The van der Waals surface area contributed by atoms with Gasteiger partial charge in [-0.3, -0.25) is 0 Å². The topological polar surface area (TPSA) is 29.5 Å². The van der Waals surface area contributed by atoms with Gasteiger partial charge in [0, 0.05) is 0 Å². The first-order chi connectivity index (χ1) is 6.78. The quantitative estimate of drug-likeness (QED) is 0.737. The van der Waals surface area contributed by atoms with Crippen LogP contribution >= 0.6 is 0 Å². The van der Waals surface area contributed by atoms with Crippen molar-refractivity contribution in [2.45, 2.75) is 24.9 Å². The maximum Gasteiger partial charge on any atom is 0.115 e. The molecule has 3 rings (SSSR count). The van der Waals surface area contributed by atoms with Crippen LogP contribution in [0, 0.1) is 5.92 Å². The molecule has 0 aromatic heterocycles. The number of rotatable bonds is 1. The Morgan fingerprint density at radius 1 is 1.43 bits per heavy atom. The maximum atomic E-state index is 9.44. The number of hydrogen-bond donors (Lipinski definition) is 1. The van der Waals surface area contributed by atoms with Gasteiger partial charge in [-0.05, 0) is 42.9 Å². The molecule has 1 aromatic carbocycles. The van der Waals surface area contributed by atoms with Crippen LogP contribution < -0.4 is 0 Å². The van der Waals surface area contributed by atoms with Crippen LogP contribution in [0.2, 0.25) is 0 Å². The SMILES string of the molecule is Oc1cccc(C23CCC(CO2)C3)c1. The number of phenolic OH excluding ortho intramolecular Hbond substituents is 1. The van der Waals surface area contributed by atoms with Gasteiger partial charge in [0.1, 0.15) is 5.75 Å². The zero-order valence-corrected chi connectivity index (χ0v) is 8.07. The second-order valence-electron chi connectivity index (χ2n) is 4.46. The molecule has 2 nitrogen and oxygen atoms in total. The zero-order chi connectivity index (χ0) is 9.60. The number of hydrogen-bond acceptors (Lipinski definition) is 2. The van der Waals surface area contributed by atoms with E-state index in [4.69, 9.17) is 4.74 Å². The van der Waals surface area contributed by atoms with E-state index in [0.29, 0.717) is 5.75 Å². The van der Waals surface area contributed by atoms with E-state index in [9.17, 15) is 5.11 Å². The van der Waals surface area contributed by atoms with E-state index in [0.717, 1.165) is 30.9 Å². The number of aromatic hydroxyl groups is 1. The van der Waals surface area contributed by atoms with E-state index in [-0.39, 0.29) is 5.60 Å². The lowest BCUT2D eigenvalue weighted by atomic mass is 9.92. The highest BCUT2D eigenvalue weighted by Gasteiger charge is 2.47.